The SMILES string of the molecule is CCCCC(=O)NCCc1ccc2nc(C)[nH]c2c1. The Bertz CT molecular complexity index is 560. The van der Waals surface area contributed by atoms with Crippen molar-refractivity contribution in [1.29, 1.82) is 0 Å². The average Bonchev–Trinajstić information content (AvgIpc) is 2.75. The zero-order valence-corrected chi connectivity index (χ0v) is 11.6. The number of hydrogen-bond donors (Lipinski definition) is 2. The fourth-order valence-electron chi connectivity index (χ4n) is 2.11. The molecule has 0 saturated heterocycles. The van der Waals surface area contributed by atoms with Crippen LogP contribution in [0.5, 0.6) is 0 Å². The first-order valence-electron chi connectivity index (χ1n) is 6.91. The molecule has 2 rings (SSSR count). The first-order chi connectivity index (χ1) is 9.19. The van der Waals surface area contributed by atoms with Crippen LogP contribution in [0.2, 0.25) is 0 Å². The molecule has 102 valence electrons. The highest BCUT2D eigenvalue weighted by atomic mass is 16.1. The minimum Gasteiger partial charge on any atom is -0.356 e. The minimum atomic E-state index is 0.153. The summed E-state index contributed by atoms with van der Waals surface area (Å²) in [6.45, 7) is 4.74. The number of amides is 1. The lowest BCUT2D eigenvalue weighted by Crippen LogP contribution is -2.25. The van der Waals surface area contributed by atoms with Gasteiger partial charge in [-0.05, 0) is 37.5 Å². The molecule has 0 fully saturated rings. The van der Waals surface area contributed by atoms with Crippen LogP contribution < -0.4 is 5.32 Å². The zero-order chi connectivity index (χ0) is 13.7. The van der Waals surface area contributed by atoms with Gasteiger partial charge in [-0.3, -0.25) is 4.79 Å². The maximum Gasteiger partial charge on any atom is 0.220 e. The first-order valence-corrected chi connectivity index (χ1v) is 6.91. The number of benzene rings is 1. The van der Waals surface area contributed by atoms with Gasteiger partial charge in [-0.1, -0.05) is 19.4 Å². The van der Waals surface area contributed by atoms with Crippen LogP contribution in [-0.2, 0) is 11.2 Å². The molecule has 0 saturated carbocycles. The van der Waals surface area contributed by atoms with Crippen LogP contribution in [0, 0.1) is 6.92 Å². The zero-order valence-electron chi connectivity index (χ0n) is 11.6. The van der Waals surface area contributed by atoms with Gasteiger partial charge in [0.1, 0.15) is 5.82 Å². The topological polar surface area (TPSA) is 57.8 Å². The van der Waals surface area contributed by atoms with Gasteiger partial charge in [-0.2, -0.15) is 0 Å². The summed E-state index contributed by atoms with van der Waals surface area (Å²) < 4.78 is 0. The second-order valence-electron chi connectivity index (χ2n) is 4.88. The number of unbranched alkanes of at least 4 members (excludes halogenated alkanes) is 1. The van der Waals surface area contributed by atoms with Gasteiger partial charge in [-0.15, -0.1) is 0 Å². The molecule has 0 unspecified atom stereocenters. The van der Waals surface area contributed by atoms with Gasteiger partial charge in [0.2, 0.25) is 5.91 Å². The monoisotopic (exact) mass is 259 g/mol. The molecule has 0 spiro atoms. The molecule has 1 aromatic carbocycles. The van der Waals surface area contributed by atoms with E-state index in [1.165, 1.54) is 5.56 Å². The van der Waals surface area contributed by atoms with Gasteiger partial charge in [0.25, 0.3) is 0 Å². The van der Waals surface area contributed by atoms with Crippen molar-refractivity contribution in [1.82, 2.24) is 15.3 Å². The molecule has 1 aromatic heterocycles. The van der Waals surface area contributed by atoms with E-state index >= 15 is 0 Å². The van der Waals surface area contributed by atoms with E-state index in [9.17, 15) is 4.79 Å². The quantitative estimate of drug-likeness (QED) is 0.838. The molecular weight excluding hydrogens is 238 g/mol. The number of H-pyrrole nitrogens is 1. The number of aromatic nitrogens is 2. The van der Waals surface area contributed by atoms with Crippen LogP contribution >= 0.6 is 0 Å². The van der Waals surface area contributed by atoms with E-state index < -0.39 is 0 Å². The lowest BCUT2D eigenvalue weighted by molar-refractivity contribution is -0.121. The van der Waals surface area contributed by atoms with Crippen LogP contribution in [0.15, 0.2) is 18.2 Å². The molecular formula is C15H21N3O. The van der Waals surface area contributed by atoms with Gasteiger partial charge in [0.15, 0.2) is 0 Å². The normalized spacial score (nSPS) is 10.8. The fraction of sp³-hybridized carbons (Fsp3) is 0.467. The van der Waals surface area contributed by atoms with E-state index in [0.717, 1.165) is 36.1 Å². The third-order valence-electron chi connectivity index (χ3n) is 3.16. The molecule has 0 atom stereocenters. The Morgan fingerprint density at radius 1 is 1.42 bits per heavy atom. The van der Waals surface area contributed by atoms with Crippen molar-refractivity contribution in [3.05, 3.63) is 29.6 Å². The van der Waals surface area contributed by atoms with Crippen LogP contribution in [0.3, 0.4) is 0 Å². The molecule has 0 aliphatic heterocycles. The predicted molar refractivity (Wildman–Crippen MR) is 77.1 cm³/mol. The van der Waals surface area contributed by atoms with Crippen molar-refractivity contribution < 1.29 is 4.79 Å². The van der Waals surface area contributed by atoms with Crippen LogP contribution in [0.1, 0.15) is 37.6 Å². The molecule has 0 aliphatic rings. The molecule has 2 aromatic rings. The Balaban J connectivity index is 1.86. The second kappa shape index (κ2) is 6.36. The highest BCUT2D eigenvalue weighted by molar-refractivity contribution is 5.76. The molecule has 4 nitrogen and oxygen atoms in total. The second-order valence-corrected chi connectivity index (χ2v) is 4.88. The first kappa shape index (κ1) is 13.6. The molecule has 2 N–H and O–H groups in total. The van der Waals surface area contributed by atoms with E-state index in [4.69, 9.17) is 0 Å². The minimum absolute atomic E-state index is 0.153. The number of rotatable bonds is 6. The summed E-state index contributed by atoms with van der Waals surface area (Å²) in [6, 6.07) is 6.20. The molecule has 1 heterocycles. The van der Waals surface area contributed by atoms with Crippen molar-refractivity contribution >= 4 is 16.9 Å². The van der Waals surface area contributed by atoms with E-state index in [-0.39, 0.29) is 5.91 Å². The average molecular weight is 259 g/mol. The number of fused-ring (bicyclic) bond motifs is 1. The van der Waals surface area contributed by atoms with E-state index in [1.807, 2.05) is 13.0 Å². The molecule has 0 bridgehead atoms. The molecule has 19 heavy (non-hydrogen) atoms. The molecule has 0 aliphatic carbocycles. The summed E-state index contributed by atoms with van der Waals surface area (Å²) in [7, 11) is 0. The Hall–Kier alpha value is -1.84. The Morgan fingerprint density at radius 2 is 2.26 bits per heavy atom. The van der Waals surface area contributed by atoms with Crippen molar-refractivity contribution in [2.24, 2.45) is 0 Å². The molecule has 4 heteroatoms. The molecule has 1 amide bonds. The fourth-order valence-corrected chi connectivity index (χ4v) is 2.11. The molecule has 0 radical (unpaired) electrons. The van der Waals surface area contributed by atoms with Crippen molar-refractivity contribution in [2.45, 2.75) is 39.5 Å². The Morgan fingerprint density at radius 3 is 3.05 bits per heavy atom. The summed E-state index contributed by atoms with van der Waals surface area (Å²) >= 11 is 0. The van der Waals surface area contributed by atoms with Crippen LogP contribution in [0.4, 0.5) is 0 Å². The number of carbonyl (C=O) groups is 1. The van der Waals surface area contributed by atoms with Gasteiger partial charge in [0, 0.05) is 13.0 Å². The van der Waals surface area contributed by atoms with Gasteiger partial charge < -0.3 is 10.3 Å². The largest absolute Gasteiger partial charge is 0.356 e. The smallest absolute Gasteiger partial charge is 0.220 e. The maximum absolute atomic E-state index is 11.5. The third kappa shape index (κ3) is 3.81. The number of nitrogens with zero attached hydrogens (tertiary/aromatic N) is 1. The summed E-state index contributed by atoms with van der Waals surface area (Å²) in [5, 5.41) is 2.95. The predicted octanol–water partition coefficient (Wildman–Crippen LogP) is 2.72. The summed E-state index contributed by atoms with van der Waals surface area (Å²) in [4.78, 5) is 19.1. The van der Waals surface area contributed by atoms with Gasteiger partial charge >= 0.3 is 0 Å². The van der Waals surface area contributed by atoms with Crippen molar-refractivity contribution in [3.63, 3.8) is 0 Å². The van der Waals surface area contributed by atoms with E-state index in [0.29, 0.717) is 13.0 Å². The summed E-state index contributed by atoms with van der Waals surface area (Å²) in [6.07, 6.45) is 3.51. The van der Waals surface area contributed by atoms with E-state index in [1.54, 1.807) is 0 Å². The third-order valence-corrected chi connectivity index (χ3v) is 3.16. The maximum atomic E-state index is 11.5. The Kier molecular flexibility index (Phi) is 4.55. The summed E-state index contributed by atoms with van der Waals surface area (Å²) in [5.74, 6) is 1.08. The number of imidazole rings is 1. The summed E-state index contributed by atoms with van der Waals surface area (Å²) in [5.41, 5.74) is 3.27. The van der Waals surface area contributed by atoms with E-state index in [2.05, 4.69) is 34.3 Å². The van der Waals surface area contributed by atoms with Gasteiger partial charge in [0.05, 0.1) is 11.0 Å². The van der Waals surface area contributed by atoms with Gasteiger partial charge in [-0.25, -0.2) is 4.98 Å². The highest BCUT2D eigenvalue weighted by Gasteiger charge is 2.02. The van der Waals surface area contributed by atoms with Crippen molar-refractivity contribution in [3.8, 4) is 0 Å². The number of aromatic amines is 1. The highest BCUT2D eigenvalue weighted by Crippen LogP contribution is 2.13. The van der Waals surface area contributed by atoms with Crippen molar-refractivity contribution in [2.75, 3.05) is 6.54 Å². The number of carbonyl (C=O) groups excluding carboxylic acids is 1. The number of aryl methyl sites for hydroxylation is 1. The Labute approximate surface area is 113 Å². The van der Waals surface area contributed by atoms with Crippen LogP contribution in [-0.4, -0.2) is 22.4 Å². The lowest BCUT2D eigenvalue weighted by atomic mass is 10.1. The number of nitrogens with one attached hydrogen (secondary N) is 2. The number of hydrogen-bond acceptors (Lipinski definition) is 2. The lowest BCUT2D eigenvalue weighted by Gasteiger charge is -2.05. The van der Waals surface area contributed by atoms with Crippen LogP contribution in [0.25, 0.3) is 11.0 Å². The standard InChI is InChI=1S/C15H21N3O/c1-3-4-5-15(19)16-9-8-12-6-7-13-14(10-12)18-11(2)17-13/h6-7,10H,3-5,8-9H2,1-2H3,(H,16,19)(H,17,18).